The Balaban J connectivity index is 1.41. The predicted octanol–water partition coefficient (Wildman–Crippen LogP) is 1.35. The maximum atomic E-state index is 11.4. The highest BCUT2D eigenvalue weighted by Gasteiger charge is 2.38. The summed E-state index contributed by atoms with van der Waals surface area (Å²) in [6.45, 7) is 2.11. The first-order valence-electron chi connectivity index (χ1n) is 8.44. The number of carbonyl (C=O) groups is 1. The van der Waals surface area contributed by atoms with E-state index in [2.05, 4.69) is 21.3 Å². The molecule has 0 aromatic carbocycles. The van der Waals surface area contributed by atoms with Crippen LogP contribution in [0, 0.1) is 5.92 Å². The third-order valence-corrected chi connectivity index (χ3v) is 5.31. The fraction of sp³-hybridized carbons (Fsp3) is 0.647. The normalized spacial score (nSPS) is 32.3. The van der Waals surface area contributed by atoms with Crippen molar-refractivity contribution in [3.8, 4) is 5.88 Å². The lowest BCUT2D eigenvalue weighted by atomic mass is 9.82. The van der Waals surface area contributed by atoms with Gasteiger partial charge in [-0.15, -0.1) is 0 Å². The summed E-state index contributed by atoms with van der Waals surface area (Å²) in [5.41, 5.74) is 1.20. The quantitative estimate of drug-likeness (QED) is 0.846. The molecule has 1 saturated carbocycles. The van der Waals surface area contributed by atoms with Crippen molar-refractivity contribution in [3.05, 3.63) is 18.3 Å². The van der Waals surface area contributed by atoms with E-state index in [-0.39, 0.29) is 18.0 Å². The van der Waals surface area contributed by atoms with E-state index in [1.807, 2.05) is 12.3 Å². The van der Waals surface area contributed by atoms with Crippen LogP contribution in [0.15, 0.2) is 18.3 Å². The van der Waals surface area contributed by atoms with Crippen LogP contribution in [0.2, 0.25) is 0 Å². The van der Waals surface area contributed by atoms with Crippen molar-refractivity contribution < 1.29 is 14.3 Å². The number of hydrogen-bond acceptors (Lipinski definition) is 6. The van der Waals surface area contributed by atoms with Gasteiger partial charge in [0.25, 0.3) is 0 Å². The monoisotopic (exact) mass is 317 g/mol. The van der Waals surface area contributed by atoms with Gasteiger partial charge in [-0.3, -0.25) is 4.79 Å². The van der Waals surface area contributed by atoms with Crippen LogP contribution in [-0.2, 0) is 9.53 Å². The fourth-order valence-corrected chi connectivity index (χ4v) is 4.02. The van der Waals surface area contributed by atoms with E-state index in [1.54, 1.807) is 0 Å². The molecule has 3 aliphatic rings. The number of nitrogens with one attached hydrogen (secondary N) is 1. The molecule has 0 amide bonds. The largest absolute Gasteiger partial charge is 0.474 e. The number of rotatable bonds is 4. The standard InChI is InChI=1S/C17H23N3O3/c1-22-17(21)11-6-15(7-11)23-16-8-12(4-5-19-16)20-13-2-3-14(20)10-18-9-13/h4-5,8,11,13-15,18H,2-3,6-7,9-10H2,1H3. The van der Waals surface area contributed by atoms with Crippen LogP contribution >= 0.6 is 0 Å². The zero-order valence-electron chi connectivity index (χ0n) is 13.4. The molecule has 1 aromatic rings. The first-order valence-corrected chi connectivity index (χ1v) is 8.44. The lowest BCUT2D eigenvalue weighted by Gasteiger charge is -2.37. The number of carbonyl (C=O) groups excluding carboxylic acids is 1. The SMILES string of the molecule is COC(=O)C1CC(Oc2cc(N3C4CCC3CNC4)ccn2)C1. The van der Waals surface area contributed by atoms with E-state index in [9.17, 15) is 4.79 Å². The van der Waals surface area contributed by atoms with Gasteiger partial charge >= 0.3 is 5.97 Å². The van der Waals surface area contributed by atoms with Crippen molar-refractivity contribution in [3.63, 3.8) is 0 Å². The Morgan fingerprint density at radius 2 is 2.04 bits per heavy atom. The Morgan fingerprint density at radius 1 is 1.30 bits per heavy atom. The van der Waals surface area contributed by atoms with Gasteiger partial charge < -0.3 is 19.7 Å². The fourth-order valence-electron chi connectivity index (χ4n) is 4.02. The highest BCUT2D eigenvalue weighted by molar-refractivity contribution is 5.73. The minimum absolute atomic E-state index is 0.0165. The van der Waals surface area contributed by atoms with Crippen LogP contribution in [0.25, 0.3) is 0 Å². The maximum Gasteiger partial charge on any atom is 0.308 e. The molecule has 23 heavy (non-hydrogen) atoms. The molecule has 2 unspecified atom stereocenters. The predicted molar refractivity (Wildman–Crippen MR) is 85.6 cm³/mol. The number of aromatic nitrogens is 1. The first-order chi connectivity index (χ1) is 11.2. The lowest BCUT2D eigenvalue weighted by Crippen LogP contribution is -2.52. The highest BCUT2D eigenvalue weighted by Crippen LogP contribution is 2.35. The Bertz CT molecular complexity index is 572. The summed E-state index contributed by atoms with van der Waals surface area (Å²) >= 11 is 0. The second-order valence-electron chi connectivity index (χ2n) is 6.73. The number of fused-ring (bicyclic) bond motifs is 2. The van der Waals surface area contributed by atoms with Crippen molar-refractivity contribution in [1.29, 1.82) is 0 Å². The number of ether oxygens (including phenoxy) is 2. The molecule has 0 radical (unpaired) electrons. The maximum absolute atomic E-state index is 11.4. The van der Waals surface area contributed by atoms with Gasteiger partial charge in [-0.2, -0.15) is 0 Å². The van der Waals surface area contributed by atoms with Crippen molar-refractivity contribution >= 4 is 11.7 Å². The number of hydrogen-bond donors (Lipinski definition) is 1. The minimum atomic E-state index is -0.135. The Kier molecular flexibility index (Phi) is 3.85. The summed E-state index contributed by atoms with van der Waals surface area (Å²) in [6, 6.07) is 5.27. The Morgan fingerprint density at radius 3 is 2.74 bits per heavy atom. The van der Waals surface area contributed by atoms with Crippen molar-refractivity contribution in [2.45, 2.75) is 43.9 Å². The Labute approximate surface area is 136 Å². The molecular weight excluding hydrogens is 294 g/mol. The molecule has 2 bridgehead atoms. The average molecular weight is 317 g/mol. The molecule has 124 valence electrons. The number of anilines is 1. The van der Waals surface area contributed by atoms with Crippen LogP contribution in [0.1, 0.15) is 25.7 Å². The molecule has 3 heterocycles. The number of nitrogens with zero attached hydrogens (tertiary/aromatic N) is 2. The third kappa shape index (κ3) is 2.76. The zero-order chi connectivity index (χ0) is 15.8. The zero-order valence-corrected chi connectivity index (χ0v) is 13.4. The van der Waals surface area contributed by atoms with Crippen LogP contribution in [-0.4, -0.2) is 49.3 Å². The van der Waals surface area contributed by atoms with Gasteiger partial charge in [-0.1, -0.05) is 0 Å². The van der Waals surface area contributed by atoms with Gasteiger partial charge in [-0.25, -0.2) is 4.98 Å². The molecule has 1 N–H and O–H groups in total. The minimum Gasteiger partial charge on any atom is -0.474 e. The molecule has 2 atom stereocenters. The molecule has 1 aromatic heterocycles. The summed E-state index contributed by atoms with van der Waals surface area (Å²) in [4.78, 5) is 18.3. The number of methoxy groups -OCH3 is 1. The van der Waals surface area contributed by atoms with Gasteiger partial charge in [0.15, 0.2) is 0 Å². The number of pyridine rings is 1. The number of piperazine rings is 1. The smallest absolute Gasteiger partial charge is 0.308 e. The average Bonchev–Trinajstić information content (AvgIpc) is 2.79. The van der Waals surface area contributed by atoms with Crippen molar-refractivity contribution in [1.82, 2.24) is 10.3 Å². The van der Waals surface area contributed by atoms with Gasteiger partial charge in [0, 0.05) is 43.1 Å². The van der Waals surface area contributed by atoms with E-state index >= 15 is 0 Å². The molecular formula is C17H23N3O3. The second kappa shape index (κ2) is 6.00. The van der Waals surface area contributed by atoms with E-state index in [0.29, 0.717) is 18.0 Å². The summed E-state index contributed by atoms with van der Waals surface area (Å²) < 4.78 is 10.7. The van der Waals surface area contributed by atoms with E-state index in [4.69, 9.17) is 9.47 Å². The molecule has 0 spiro atoms. The summed E-state index contributed by atoms with van der Waals surface area (Å²) in [6.07, 6.45) is 5.83. The first kappa shape index (κ1) is 14.8. The van der Waals surface area contributed by atoms with E-state index < -0.39 is 0 Å². The second-order valence-corrected chi connectivity index (χ2v) is 6.73. The van der Waals surface area contributed by atoms with Crippen LogP contribution in [0.3, 0.4) is 0 Å². The highest BCUT2D eigenvalue weighted by atomic mass is 16.5. The molecule has 3 fully saturated rings. The summed E-state index contributed by atoms with van der Waals surface area (Å²) in [5, 5.41) is 3.50. The van der Waals surface area contributed by atoms with E-state index in [1.165, 1.54) is 25.6 Å². The molecule has 6 nitrogen and oxygen atoms in total. The summed E-state index contributed by atoms with van der Waals surface area (Å²) in [7, 11) is 1.43. The van der Waals surface area contributed by atoms with Gasteiger partial charge in [0.2, 0.25) is 5.88 Å². The topological polar surface area (TPSA) is 63.7 Å². The Hall–Kier alpha value is -1.82. The number of esters is 1. The van der Waals surface area contributed by atoms with Crippen LogP contribution < -0.4 is 15.0 Å². The molecule has 1 aliphatic carbocycles. The van der Waals surface area contributed by atoms with Crippen LogP contribution in [0.4, 0.5) is 5.69 Å². The molecule has 4 rings (SSSR count). The molecule has 2 aliphatic heterocycles. The van der Waals surface area contributed by atoms with Crippen LogP contribution in [0.5, 0.6) is 5.88 Å². The van der Waals surface area contributed by atoms with Crippen molar-refractivity contribution in [2.75, 3.05) is 25.1 Å². The lowest BCUT2D eigenvalue weighted by molar-refractivity contribution is -0.151. The van der Waals surface area contributed by atoms with Gasteiger partial charge in [0.05, 0.1) is 13.0 Å². The van der Waals surface area contributed by atoms with Crippen molar-refractivity contribution in [2.24, 2.45) is 5.92 Å². The van der Waals surface area contributed by atoms with Gasteiger partial charge in [0.1, 0.15) is 6.10 Å². The van der Waals surface area contributed by atoms with Gasteiger partial charge in [-0.05, 0) is 31.7 Å². The third-order valence-electron chi connectivity index (χ3n) is 5.31. The molecule has 2 saturated heterocycles. The van der Waals surface area contributed by atoms with E-state index in [0.717, 1.165) is 25.9 Å². The molecule has 6 heteroatoms. The summed E-state index contributed by atoms with van der Waals surface area (Å²) in [5.74, 6) is 0.509.